The number of rotatable bonds is 19. The van der Waals surface area contributed by atoms with Gasteiger partial charge < -0.3 is 30.9 Å². The van der Waals surface area contributed by atoms with Crippen molar-refractivity contribution in [3.05, 3.63) is 202 Å². The number of allylic oxidation sites excluding steroid dienone is 14. The van der Waals surface area contributed by atoms with Gasteiger partial charge in [-0.1, -0.05) is 151 Å². The highest BCUT2D eigenvalue weighted by Crippen LogP contribution is 2.49. The lowest BCUT2D eigenvalue weighted by molar-refractivity contribution is -0.436. The molecule has 0 bridgehead atoms. The number of anilines is 3. The van der Waals surface area contributed by atoms with Gasteiger partial charge in [0.2, 0.25) is 17.5 Å². The van der Waals surface area contributed by atoms with Gasteiger partial charge in [0, 0.05) is 113 Å². The van der Waals surface area contributed by atoms with Crippen molar-refractivity contribution in [1.82, 2.24) is 10.6 Å². The van der Waals surface area contributed by atoms with Crippen molar-refractivity contribution < 1.29 is 24.1 Å². The van der Waals surface area contributed by atoms with E-state index in [1.807, 2.05) is 24.3 Å². The second-order valence-electron chi connectivity index (χ2n) is 26.3. The third-order valence-electron chi connectivity index (χ3n) is 19.1. The molecule has 4 aromatic rings. The van der Waals surface area contributed by atoms with Crippen molar-refractivity contribution in [2.75, 3.05) is 41.8 Å². The van der Waals surface area contributed by atoms with Crippen LogP contribution < -0.4 is 25.8 Å². The van der Waals surface area contributed by atoms with Gasteiger partial charge in [-0.05, 0) is 136 Å². The van der Waals surface area contributed by atoms with Gasteiger partial charge in [-0.15, -0.1) is 0 Å². The molecule has 10 rings (SSSR count). The van der Waals surface area contributed by atoms with Crippen molar-refractivity contribution in [3.8, 4) is 0 Å². The van der Waals surface area contributed by atoms with Gasteiger partial charge >= 0.3 is 5.97 Å². The van der Waals surface area contributed by atoms with Crippen LogP contribution in [-0.2, 0) is 36.0 Å². The van der Waals surface area contributed by atoms with E-state index in [1.165, 1.54) is 56.2 Å². The van der Waals surface area contributed by atoms with Crippen LogP contribution in [0.25, 0.3) is 0 Å². The number of carbonyl (C=O) groups excluding carboxylic acids is 2. The van der Waals surface area contributed by atoms with Gasteiger partial charge in [0.15, 0.2) is 12.3 Å². The molecule has 0 aromatic heterocycles. The second kappa shape index (κ2) is 25.4. The molecule has 0 atom stereocenters. The van der Waals surface area contributed by atoms with Gasteiger partial charge in [-0.2, -0.15) is 4.58 Å². The first-order chi connectivity index (χ1) is 40.8. The minimum Gasteiger partial charge on any atom is -0.481 e. The molecule has 0 radical (unpaired) electrons. The van der Waals surface area contributed by atoms with Crippen LogP contribution in [0.1, 0.15) is 161 Å². The van der Waals surface area contributed by atoms with Crippen LogP contribution in [0.2, 0.25) is 0 Å². The molecule has 6 aliphatic rings. The number of hydrogen-bond acceptors (Lipinski definition) is 7. The number of benzene rings is 4. The number of carbonyl (C=O) groups is 3. The molecule has 4 aromatic carbocycles. The smallest absolute Gasteiger partial charge is 0.309 e. The van der Waals surface area contributed by atoms with Crippen LogP contribution in [-0.4, -0.2) is 77.7 Å². The summed E-state index contributed by atoms with van der Waals surface area (Å²) in [5.74, 6) is -0.657. The predicted octanol–water partition coefficient (Wildman–Crippen LogP) is 14.9. The zero-order valence-corrected chi connectivity index (χ0v) is 51.9. The molecule has 11 heteroatoms. The third kappa shape index (κ3) is 12.8. The van der Waals surface area contributed by atoms with E-state index in [0.29, 0.717) is 32.5 Å². The highest BCUT2D eigenvalue weighted by Gasteiger charge is 2.45. The summed E-state index contributed by atoms with van der Waals surface area (Å²) in [5.41, 5.74) is 17.3. The second-order valence-corrected chi connectivity index (χ2v) is 26.3. The quantitative estimate of drug-likeness (QED) is 0.0418. The van der Waals surface area contributed by atoms with Gasteiger partial charge in [0.05, 0.1) is 11.1 Å². The normalized spacial score (nSPS) is 23.6. The first-order valence-electron chi connectivity index (χ1n) is 31.3. The maximum absolute atomic E-state index is 13.7. The first kappa shape index (κ1) is 60.3. The molecule has 2 saturated carbocycles. The number of nitrogens with zero attached hydrogens (tertiary/aromatic N) is 4. The summed E-state index contributed by atoms with van der Waals surface area (Å²) in [5, 5.41) is 19.9. The van der Waals surface area contributed by atoms with E-state index in [4.69, 9.17) is 4.99 Å². The Kier molecular flexibility index (Phi) is 18.0. The Hall–Kier alpha value is -7.79. The Balaban J connectivity index is 0.703. The van der Waals surface area contributed by atoms with E-state index in [9.17, 15) is 19.5 Å². The summed E-state index contributed by atoms with van der Waals surface area (Å²) in [6, 6.07) is 34.3. The lowest BCUT2D eigenvalue weighted by Gasteiger charge is -2.30. The molecule has 4 heterocycles. The van der Waals surface area contributed by atoms with E-state index in [1.54, 1.807) is 0 Å². The summed E-state index contributed by atoms with van der Waals surface area (Å²) in [4.78, 5) is 48.6. The molecule has 4 aliphatic heterocycles. The number of nitrogens with one attached hydrogen (secondary N) is 3. The minimum atomic E-state index is -0.814. The van der Waals surface area contributed by atoms with Gasteiger partial charge in [0.1, 0.15) is 6.42 Å². The number of carboxylic acid groups (broad SMARTS) is 1. The van der Waals surface area contributed by atoms with Crippen LogP contribution in [0.15, 0.2) is 185 Å². The van der Waals surface area contributed by atoms with E-state index in [0.717, 1.165) is 92.7 Å². The Morgan fingerprint density at radius 1 is 0.612 bits per heavy atom. The number of unbranched alkanes of at least 4 members (excludes halogenated alkanes) is 2. The van der Waals surface area contributed by atoms with Crippen molar-refractivity contribution in [3.63, 3.8) is 0 Å². The lowest BCUT2D eigenvalue weighted by Crippen LogP contribution is -2.44. The van der Waals surface area contributed by atoms with Crippen LogP contribution in [0, 0.1) is 0 Å². The maximum atomic E-state index is 13.7. The highest BCUT2D eigenvalue weighted by atomic mass is 16.4. The number of fused-ring (bicyclic) bond motifs is 4. The largest absolute Gasteiger partial charge is 0.481 e. The number of carboxylic acids is 1. The molecule has 0 spiro atoms. The van der Waals surface area contributed by atoms with Crippen molar-refractivity contribution in [2.45, 2.75) is 173 Å². The molecule has 4 N–H and O–H groups in total. The molecular weight excluding hydrogens is 1050 g/mol. The first-order valence-corrected chi connectivity index (χ1v) is 31.3. The molecule has 0 unspecified atom stereocenters. The summed E-state index contributed by atoms with van der Waals surface area (Å²) >= 11 is 0. The topological polar surface area (TPSA) is 129 Å². The van der Waals surface area contributed by atoms with E-state index >= 15 is 0 Å². The van der Waals surface area contributed by atoms with E-state index < -0.39 is 5.97 Å². The fraction of sp³-hybridized carbons (Fsp3) is 0.419. The number of amides is 2. The van der Waals surface area contributed by atoms with Crippen LogP contribution in [0.5, 0.6) is 0 Å². The monoisotopic (exact) mass is 1140 g/mol. The number of para-hydroxylation sites is 4. The van der Waals surface area contributed by atoms with Gasteiger partial charge in [0.25, 0.3) is 0 Å². The van der Waals surface area contributed by atoms with Crippen LogP contribution >= 0.6 is 0 Å². The number of hydrogen-bond donors (Lipinski definition) is 4. The van der Waals surface area contributed by atoms with Crippen molar-refractivity contribution >= 4 is 52.0 Å². The van der Waals surface area contributed by atoms with E-state index in [2.05, 4.69) is 220 Å². The van der Waals surface area contributed by atoms with Crippen LogP contribution in [0.4, 0.5) is 22.7 Å². The molecule has 0 saturated heterocycles. The molecule has 2 fully saturated rings. The minimum absolute atomic E-state index is 0.0453. The summed E-state index contributed by atoms with van der Waals surface area (Å²) in [7, 11) is 2.18. The highest BCUT2D eigenvalue weighted by molar-refractivity contribution is 6.13. The van der Waals surface area contributed by atoms with Crippen LogP contribution in [0.3, 0.4) is 0 Å². The fourth-order valence-corrected chi connectivity index (χ4v) is 14.2. The lowest BCUT2D eigenvalue weighted by atomic mass is 9.81. The Bertz CT molecular complexity index is 3500. The SMILES string of the molecule is CN1/C(=C/C=C2\CCCC(=CC=C3Nc4ccccc4C3(C)C)C2=NCCCCCC(=O)NC2CCC(NC(=O)CCN3C(=CC=CC=CC4=[N+](CCC(=O)O)c5ccccc5C4(C)C)C(C)(C)c4ccccc43)CC2)C(C)(C)c2ccccc21. The third-order valence-corrected chi connectivity index (χ3v) is 19.1. The molecule has 85 heavy (non-hydrogen) atoms. The Morgan fingerprint density at radius 3 is 1.87 bits per heavy atom. The predicted molar refractivity (Wildman–Crippen MR) is 350 cm³/mol. The molecule has 11 nitrogen and oxygen atoms in total. The molecular formula is C74H90N7O4+. The number of aliphatic imine (C=N–C) groups is 1. The standard InChI is InChI=1S/C74H89N7O4/c1-71(2)55-27-15-19-31-59(55)78-63(71)44-38-51-25-24-26-52(39-45-64-72(3,4)56-28-16-20-32-60(56)79(64)9)70(51)75-48-23-11-14-37-67(82)76-53-40-42-54(43-41-53)77-68(83)46-49-80-61-33-21-17-29-57(61)73(5,6)65(80)35-12-10-13-36-66-74(7,8)58-30-18-22-34-62(58)81(66)50-47-69(84)85/h10,12-13,15-22,27-36,38-39,44-45,53-54H,11,14,23-26,37,40-43,46-50H2,1-9H3,(H3-,75,76,77,78,82,83,84,85)/p+1/b52-39+,64-45+. The van der Waals surface area contributed by atoms with Gasteiger partial charge in [-0.3, -0.25) is 19.4 Å². The summed E-state index contributed by atoms with van der Waals surface area (Å²) in [6.45, 7) is 19.8. The number of aliphatic carboxylic acids is 1. The Labute approximate surface area is 505 Å². The van der Waals surface area contributed by atoms with Crippen molar-refractivity contribution in [2.24, 2.45) is 4.99 Å². The number of likely N-dealkylation sites (N-methyl/N-ethyl adjacent to an activating group) is 1. The van der Waals surface area contributed by atoms with Gasteiger partial charge in [-0.25, -0.2) is 0 Å². The average Bonchev–Trinajstić information content (AvgIpc) is 2.24. The fourth-order valence-electron chi connectivity index (χ4n) is 14.2. The van der Waals surface area contributed by atoms with Crippen molar-refractivity contribution in [1.29, 1.82) is 0 Å². The zero-order valence-electron chi connectivity index (χ0n) is 51.9. The average molecular weight is 1140 g/mol. The molecule has 444 valence electrons. The maximum Gasteiger partial charge on any atom is 0.309 e. The zero-order chi connectivity index (χ0) is 60.1. The van der Waals surface area contributed by atoms with E-state index in [-0.39, 0.29) is 52.0 Å². The summed E-state index contributed by atoms with van der Waals surface area (Å²) in [6.07, 6.45) is 29.7. The molecule has 2 amide bonds. The summed E-state index contributed by atoms with van der Waals surface area (Å²) < 4.78 is 2.14. The molecule has 2 aliphatic carbocycles. The Morgan fingerprint density at radius 2 is 1.20 bits per heavy atom.